The second-order valence-electron chi connectivity index (χ2n) is 11.3. The molecule has 4 rings (SSSR count). The fourth-order valence-electron chi connectivity index (χ4n) is 5.31. The molecule has 2 aliphatic heterocycles. The van der Waals surface area contributed by atoms with Crippen molar-refractivity contribution in [1.29, 1.82) is 0 Å². The summed E-state index contributed by atoms with van der Waals surface area (Å²) in [5, 5.41) is 0.857. The summed E-state index contributed by atoms with van der Waals surface area (Å²) in [6.45, 7) is 14.9. The lowest BCUT2D eigenvalue weighted by molar-refractivity contribution is 0.214. The van der Waals surface area contributed by atoms with Gasteiger partial charge in [-0.25, -0.2) is 12.9 Å². The first kappa shape index (κ1) is 31.0. The van der Waals surface area contributed by atoms with Gasteiger partial charge >= 0.3 is 0 Å². The zero-order valence-corrected chi connectivity index (χ0v) is 26.8. The number of hydrogen-bond acceptors (Lipinski definition) is 7. The van der Waals surface area contributed by atoms with E-state index in [4.69, 9.17) is 11.6 Å². The Morgan fingerprint density at radius 3 is 2.15 bits per heavy atom. The van der Waals surface area contributed by atoms with Crippen molar-refractivity contribution in [3.63, 3.8) is 0 Å². The minimum absolute atomic E-state index is 0.756. The number of halogens is 1. The summed E-state index contributed by atoms with van der Waals surface area (Å²) in [4.78, 5) is 6.23. The molecule has 0 spiro atoms. The van der Waals surface area contributed by atoms with Crippen LogP contribution in [0.25, 0.3) is 0 Å². The van der Waals surface area contributed by atoms with Crippen LogP contribution in [0.1, 0.15) is 50.7 Å². The van der Waals surface area contributed by atoms with Crippen LogP contribution in [-0.4, -0.2) is 84.3 Å². The lowest BCUT2D eigenvalue weighted by Crippen LogP contribution is -2.36. The van der Waals surface area contributed by atoms with Crippen LogP contribution in [0.4, 0.5) is 5.69 Å². The van der Waals surface area contributed by atoms with Crippen molar-refractivity contribution in [2.24, 2.45) is 5.92 Å². The molecule has 0 N–H and O–H groups in total. The van der Waals surface area contributed by atoms with Crippen molar-refractivity contribution in [3.8, 4) is 0 Å². The molecule has 0 saturated carbocycles. The molecule has 216 valence electrons. The minimum Gasteiger partial charge on any atom is -0.378 e. The summed E-state index contributed by atoms with van der Waals surface area (Å²) in [6.07, 6.45) is 5.99. The van der Waals surface area contributed by atoms with Crippen LogP contribution in [0.3, 0.4) is 0 Å². The molecule has 2 aromatic rings. The highest BCUT2D eigenvalue weighted by atomic mass is 35.5. The molecule has 2 aliphatic rings. The van der Waals surface area contributed by atoms with Gasteiger partial charge in [-0.3, -0.25) is 0 Å². The van der Waals surface area contributed by atoms with Crippen molar-refractivity contribution >= 4 is 41.4 Å². The van der Waals surface area contributed by atoms with Gasteiger partial charge in [0.05, 0.1) is 0 Å². The first-order valence-corrected chi connectivity index (χ1v) is 16.7. The monoisotopic (exact) mass is 589 g/mol. The zero-order valence-electron chi connectivity index (χ0n) is 24.4. The van der Waals surface area contributed by atoms with Crippen molar-refractivity contribution < 1.29 is 0 Å². The first-order chi connectivity index (χ1) is 18.9. The van der Waals surface area contributed by atoms with E-state index in [1.807, 2.05) is 30.1 Å². The van der Waals surface area contributed by atoms with E-state index in [1.165, 1.54) is 67.0 Å². The van der Waals surface area contributed by atoms with Crippen LogP contribution in [0.5, 0.6) is 0 Å². The number of nitrogens with zero attached hydrogens (tertiary/aromatic N) is 5. The number of hydrogen-bond donors (Lipinski definition) is 0. The summed E-state index contributed by atoms with van der Waals surface area (Å²) in [6, 6.07) is 15.4. The molecular weight excluding hydrogens is 542 g/mol. The molecule has 1 saturated heterocycles. The number of rotatable bonds is 8. The fourth-order valence-corrected chi connectivity index (χ4v) is 7.62. The molecule has 0 aliphatic carbocycles. The summed E-state index contributed by atoms with van der Waals surface area (Å²) < 4.78 is 7.80. The van der Waals surface area contributed by atoms with Crippen LogP contribution in [-0.2, 0) is 13.0 Å². The standard InChI is InChI=1S/C31H48ClN5S2/c1-5-26(2)24-34-16-6-18-35(38-31-13-11-30(12-14-31)33(3)4)19-8-21-36(20-7-17-34)39-37-22-15-27-23-29(32)10-9-28(27)25-37/h9-14,23,26H,5-8,15-22,24-25H2,1-4H3. The highest BCUT2D eigenvalue weighted by Crippen LogP contribution is 2.30. The lowest BCUT2D eigenvalue weighted by atomic mass is 10.0. The van der Waals surface area contributed by atoms with E-state index in [-0.39, 0.29) is 0 Å². The molecule has 1 unspecified atom stereocenters. The molecule has 0 amide bonds. The molecule has 1 fully saturated rings. The second-order valence-corrected chi connectivity index (χ2v) is 14.1. The van der Waals surface area contributed by atoms with Gasteiger partial charge in [-0.1, -0.05) is 37.9 Å². The molecular formula is C31H48ClN5S2. The average Bonchev–Trinajstić information content (AvgIpc) is 2.92. The Labute approximate surface area is 251 Å². The summed E-state index contributed by atoms with van der Waals surface area (Å²) >= 11 is 10.2. The smallest absolute Gasteiger partial charge is 0.0408 e. The summed E-state index contributed by atoms with van der Waals surface area (Å²) in [7, 11) is 4.21. The minimum atomic E-state index is 0.756. The Hall–Kier alpha value is -0.930. The third-order valence-electron chi connectivity index (χ3n) is 7.81. The summed E-state index contributed by atoms with van der Waals surface area (Å²) in [5.41, 5.74) is 4.10. The Balaban J connectivity index is 1.39. The van der Waals surface area contributed by atoms with Gasteiger partial charge in [0.2, 0.25) is 0 Å². The number of fused-ring (bicyclic) bond motifs is 1. The Bertz CT molecular complexity index is 1000. The predicted molar refractivity (Wildman–Crippen MR) is 173 cm³/mol. The van der Waals surface area contributed by atoms with E-state index >= 15 is 0 Å². The molecule has 2 heterocycles. The van der Waals surface area contributed by atoms with Gasteiger partial charge in [-0.05, 0) is 104 Å². The van der Waals surface area contributed by atoms with Gasteiger partial charge in [-0.2, -0.15) is 0 Å². The van der Waals surface area contributed by atoms with E-state index in [1.54, 1.807) is 0 Å². The predicted octanol–water partition coefficient (Wildman–Crippen LogP) is 7.17. The maximum atomic E-state index is 6.25. The van der Waals surface area contributed by atoms with E-state index in [0.29, 0.717) is 0 Å². The third kappa shape index (κ3) is 10.1. The van der Waals surface area contributed by atoms with Crippen LogP contribution < -0.4 is 4.90 Å². The van der Waals surface area contributed by atoms with Crippen molar-refractivity contribution in [1.82, 2.24) is 17.8 Å². The van der Waals surface area contributed by atoms with E-state index in [9.17, 15) is 0 Å². The van der Waals surface area contributed by atoms with E-state index < -0.39 is 0 Å². The SMILES string of the molecule is CCC(C)CN1CCCN(Sc2ccc(N(C)C)cc2)CCCN(SN2CCc3cc(Cl)ccc3C2)CCC1. The van der Waals surface area contributed by atoms with Crippen LogP contribution in [0, 0.1) is 5.92 Å². The number of benzene rings is 2. The normalized spacial score (nSPS) is 20.1. The fraction of sp³-hybridized carbons (Fsp3) is 0.613. The zero-order chi connectivity index (χ0) is 27.6. The van der Waals surface area contributed by atoms with Crippen molar-refractivity contribution in [3.05, 3.63) is 58.6 Å². The maximum absolute atomic E-state index is 6.25. The van der Waals surface area contributed by atoms with Crippen molar-refractivity contribution in [2.75, 3.05) is 71.4 Å². The van der Waals surface area contributed by atoms with Gasteiger partial charge in [0.25, 0.3) is 0 Å². The molecule has 2 aromatic carbocycles. The molecule has 0 radical (unpaired) electrons. The Morgan fingerprint density at radius 2 is 1.49 bits per heavy atom. The average molecular weight is 590 g/mol. The van der Waals surface area contributed by atoms with Gasteiger partial charge in [0, 0.05) is 87.6 Å². The van der Waals surface area contributed by atoms with Crippen molar-refractivity contribution in [2.45, 2.75) is 57.4 Å². The molecule has 0 bridgehead atoms. The molecule has 8 heteroatoms. The third-order valence-corrected chi connectivity index (χ3v) is 10.3. The highest BCUT2D eigenvalue weighted by molar-refractivity contribution is 7.97. The largest absolute Gasteiger partial charge is 0.378 e. The number of anilines is 1. The van der Waals surface area contributed by atoms with Gasteiger partial charge in [0.15, 0.2) is 0 Å². The summed E-state index contributed by atoms with van der Waals surface area (Å²) in [5.74, 6) is 0.756. The first-order valence-electron chi connectivity index (χ1n) is 14.8. The van der Waals surface area contributed by atoms with E-state index in [0.717, 1.165) is 56.6 Å². The molecule has 0 aromatic heterocycles. The van der Waals surface area contributed by atoms with E-state index in [2.05, 4.69) is 87.1 Å². The molecule has 1 atom stereocenters. The van der Waals surface area contributed by atoms with Gasteiger partial charge in [0.1, 0.15) is 0 Å². The highest BCUT2D eigenvalue weighted by Gasteiger charge is 2.21. The van der Waals surface area contributed by atoms with Crippen LogP contribution in [0.2, 0.25) is 5.02 Å². The quantitative estimate of drug-likeness (QED) is 0.299. The lowest BCUT2D eigenvalue weighted by Gasteiger charge is -2.34. The Morgan fingerprint density at radius 1 is 0.821 bits per heavy atom. The maximum Gasteiger partial charge on any atom is 0.0408 e. The van der Waals surface area contributed by atoms with Crippen LogP contribution in [0.15, 0.2) is 47.4 Å². The van der Waals surface area contributed by atoms with Crippen LogP contribution >= 0.6 is 35.7 Å². The Kier molecular flexibility index (Phi) is 12.6. The topological polar surface area (TPSA) is 16.2 Å². The molecule has 39 heavy (non-hydrogen) atoms. The van der Waals surface area contributed by atoms with Gasteiger partial charge < -0.3 is 9.80 Å². The second kappa shape index (κ2) is 15.9. The van der Waals surface area contributed by atoms with Gasteiger partial charge in [-0.15, -0.1) is 0 Å². The molecule has 5 nitrogen and oxygen atoms in total.